The number of ether oxygens (including phenoxy) is 1. The lowest BCUT2D eigenvalue weighted by molar-refractivity contribution is -0.385. The molecule has 1 amide bonds. The monoisotopic (exact) mass is 304 g/mol. The number of benzene rings is 1. The standard InChI is InChI=1S/C12H11F3N2O4/c13-12(14,15)9-5-8(17(19)20)3-4-10(9)21-6-11(18)16-7-1-2-7/h3-5,7H,1-2,6H2,(H,16,18). The lowest BCUT2D eigenvalue weighted by Crippen LogP contribution is -2.30. The van der Waals surface area contributed by atoms with Crippen molar-refractivity contribution in [1.29, 1.82) is 0 Å². The van der Waals surface area contributed by atoms with Crippen molar-refractivity contribution >= 4 is 11.6 Å². The number of alkyl halides is 3. The maximum atomic E-state index is 12.8. The van der Waals surface area contributed by atoms with E-state index < -0.39 is 40.6 Å². The molecule has 1 aliphatic rings. The Labute approximate surface area is 117 Å². The van der Waals surface area contributed by atoms with Crippen molar-refractivity contribution in [2.75, 3.05) is 6.61 Å². The molecular weight excluding hydrogens is 293 g/mol. The van der Waals surface area contributed by atoms with Crippen LogP contribution < -0.4 is 10.1 Å². The highest BCUT2D eigenvalue weighted by Gasteiger charge is 2.36. The first-order chi connectivity index (χ1) is 9.77. The second kappa shape index (κ2) is 5.58. The van der Waals surface area contributed by atoms with Crippen molar-refractivity contribution < 1.29 is 27.6 Å². The average molecular weight is 304 g/mol. The third-order valence-electron chi connectivity index (χ3n) is 2.78. The van der Waals surface area contributed by atoms with Crippen LogP contribution in [-0.2, 0) is 11.0 Å². The number of hydrogen-bond acceptors (Lipinski definition) is 4. The van der Waals surface area contributed by atoms with E-state index in [1.54, 1.807) is 0 Å². The molecule has 0 atom stereocenters. The summed E-state index contributed by atoms with van der Waals surface area (Å²) in [6.07, 6.45) is -3.12. The smallest absolute Gasteiger partial charge is 0.420 e. The van der Waals surface area contributed by atoms with Crippen molar-refractivity contribution in [2.24, 2.45) is 0 Å². The summed E-state index contributed by atoms with van der Waals surface area (Å²) in [5, 5.41) is 13.1. The van der Waals surface area contributed by atoms with Crippen molar-refractivity contribution in [3.05, 3.63) is 33.9 Å². The van der Waals surface area contributed by atoms with E-state index in [0.29, 0.717) is 6.07 Å². The van der Waals surface area contributed by atoms with Crippen molar-refractivity contribution in [3.63, 3.8) is 0 Å². The van der Waals surface area contributed by atoms with E-state index in [-0.39, 0.29) is 6.04 Å². The lowest BCUT2D eigenvalue weighted by Gasteiger charge is -2.13. The van der Waals surface area contributed by atoms with Crippen molar-refractivity contribution in [2.45, 2.75) is 25.1 Å². The summed E-state index contributed by atoms with van der Waals surface area (Å²) < 4.78 is 43.3. The Morgan fingerprint density at radius 2 is 2.10 bits per heavy atom. The molecule has 0 spiro atoms. The molecule has 9 heteroatoms. The third-order valence-corrected chi connectivity index (χ3v) is 2.78. The maximum absolute atomic E-state index is 12.8. The Morgan fingerprint density at radius 1 is 1.43 bits per heavy atom. The fraction of sp³-hybridized carbons (Fsp3) is 0.417. The molecule has 0 unspecified atom stereocenters. The predicted octanol–water partition coefficient (Wildman–Crippen LogP) is 2.27. The van der Waals surface area contributed by atoms with Gasteiger partial charge in [-0.25, -0.2) is 0 Å². The number of carbonyl (C=O) groups excluding carboxylic acids is 1. The molecule has 0 saturated heterocycles. The summed E-state index contributed by atoms with van der Waals surface area (Å²) >= 11 is 0. The van der Waals surface area contributed by atoms with Crippen LogP contribution >= 0.6 is 0 Å². The fourth-order valence-electron chi connectivity index (χ4n) is 1.62. The van der Waals surface area contributed by atoms with Gasteiger partial charge in [-0.3, -0.25) is 14.9 Å². The first-order valence-corrected chi connectivity index (χ1v) is 6.05. The second-order valence-electron chi connectivity index (χ2n) is 4.57. The lowest BCUT2D eigenvalue weighted by atomic mass is 10.1. The third kappa shape index (κ3) is 4.07. The predicted molar refractivity (Wildman–Crippen MR) is 64.8 cm³/mol. The zero-order valence-electron chi connectivity index (χ0n) is 10.6. The molecule has 1 aromatic rings. The van der Waals surface area contributed by atoms with Crippen LogP contribution in [0, 0.1) is 10.1 Å². The van der Waals surface area contributed by atoms with E-state index in [0.717, 1.165) is 25.0 Å². The Morgan fingerprint density at radius 3 is 2.62 bits per heavy atom. The number of rotatable bonds is 5. The first kappa shape index (κ1) is 15.1. The number of halogens is 3. The van der Waals surface area contributed by atoms with Crippen LogP contribution in [0.4, 0.5) is 18.9 Å². The number of nitro groups is 1. The SMILES string of the molecule is O=C(COc1ccc([N+](=O)[O-])cc1C(F)(F)F)NC1CC1. The summed E-state index contributed by atoms with van der Waals surface area (Å²) in [6, 6.07) is 2.18. The molecule has 0 radical (unpaired) electrons. The summed E-state index contributed by atoms with van der Waals surface area (Å²) in [4.78, 5) is 21.0. The molecule has 21 heavy (non-hydrogen) atoms. The van der Waals surface area contributed by atoms with Crippen LogP contribution in [0.3, 0.4) is 0 Å². The van der Waals surface area contributed by atoms with Gasteiger partial charge in [-0.15, -0.1) is 0 Å². The maximum Gasteiger partial charge on any atom is 0.420 e. The minimum atomic E-state index is -4.81. The van der Waals surface area contributed by atoms with Gasteiger partial charge in [0.2, 0.25) is 0 Å². The molecule has 0 aliphatic heterocycles. The van der Waals surface area contributed by atoms with E-state index >= 15 is 0 Å². The van der Waals surface area contributed by atoms with Gasteiger partial charge in [-0.1, -0.05) is 0 Å². The van der Waals surface area contributed by atoms with E-state index in [4.69, 9.17) is 4.74 Å². The second-order valence-corrected chi connectivity index (χ2v) is 4.57. The minimum absolute atomic E-state index is 0.0695. The van der Waals surface area contributed by atoms with Crippen LogP contribution in [0.5, 0.6) is 5.75 Å². The molecule has 0 heterocycles. The van der Waals surface area contributed by atoms with E-state index in [9.17, 15) is 28.1 Å². The topological polar surface area (TPSA) is 81.5 Å². The Bertz CT molecular complexity index is 570. The molecule has 1 aromatic carbocycles. The number of nitrogens with zero attached hydrogens (tertiary/aromatic N) is 1. The number of carbonyl (C=O) groups is 1. The molecule has 2 rings (SSSR count). The van der Waals surface area contributed by atoms with Gasteiger partial charge in [0.15, 0.2) is 6.61 Å². The molecule has 1 saturated carbocycles. The molecule has 1 N–H and O–H groups in total. The zero-order chi connectivity index (χ0) is 15.6. The molecule has 6 nitrogen and oxygen atoms in total. The van der Waals surface area contributed by atoms with Crippen LogP contribution in [0.15, 0.2) is 18.2 Å². The Hall–Kier alpha value is -2.32. The molecule has 1 aliphatic carbocycles. The average Bonchev–Trinajstić information content (AvgIpc) is 3.18. The van der Waals surface area contributed by atoms with Gasteiger partial charge >= 0.3 is 6.18 Å². The quantitative estimate of drug-likeness (QED) is 0.668. The van der Waals surface area contributed by atoms with Crippen LogP contribution in [-0.4, -0.2) is 23.5 Å². The van der Waals surface area contributed by atoms with Gasteiger partial charge in [-0.05, 0) is 18.9 Å². The van der Waals surface area contributed by atoms with Gasteiger partial charge < -0.3 is 10.1 Å². The number of nitrogens with one attached hydrogen (secondary N) is 1. The van der Waals surface area contributed by atoms with Gasteiger partial charge in [0, 0.05) is 18.2 Å². The van der Waals surface area contributed by atoms with Gasteiger partial charge in [-0.2, -0.15) is 13.2 Å². The molecule has 1 fully saturated rings. The van der Waals surface area contributed by atoms with Crippen LogP contribution in [0.2, 0.25) is 0 Å². The highest BCUT2D eigenvalue weighted by atomic mass is 19.4. The van der Waals surface area contributed by atoms with Gasteiger partial charge in [0.1, 0.15) is 11.3 Å². The molecular formula is C12H11F3N2O4. The normalized spacial score (nSPS) is 14.6. The summed E-state index contributed by atoms with van der Waals surface area (Å²) in [5.74, 6) is -1.14. The Kier molecular flexibility index (Phi) is 4.01. The van der Waals surface area contributed by atoms with Crippen molar-refractivity contribution in [1.82, 2.24) is 5.32 Å². The number of nitro benzene ring substituents is 1. The zero-order valence-corrected chi connectivity index (χ0v) is 10.6. The van der Waals surface area contributed by atoms with E-state index in [2.05, 4.69) is 5.32 Å². The van der Waals surface area contributed by atoms with E-state index in [1.807, 2.05) is 0 Å². The number of hydrogen-bond donors (Lipinski definition) is 1. The van der Waals surface area contributed by atoms with Crippen LogP contribution in [0.25, 0.3) is 0 Å². The van der Waals surface area contributed by atoms with Crippen LogP contribution in [0.1, 0.15) is 18.4 Å². The number of amides is 1. The number of non-ortho nitro benzene ring substituents is 1. The summed E-state index contributed by atoms with van der Waals surface area (Å²) in [5.41, 5.74) is -1.98. The van der Waals surface area contributed by atoms with Crippen molar-refractivity contribution in [3.8, 4) is 5.75 Å². The summed E-state index contributed by atoms with van der Waals surface area (Å²) in [7, 11) is 0. The highest BCUT2D eigenvalue weighted by molar-refractivity contribution is 5.78. The first-order valence-electron chi connectivity index (χ1n) is 6.05. The fourth-order valence-corrected chi connectivity index (χ4v) is 1.62. The van der Waals surface area contributed by atoms with Gasteiger partial charge in [0.05, 0.1) is 4.92 Å². The Balaban J connectivity index is 2.13. The largest absolute Gasteiger partial charge is 0.483 e. The van der Waals surface area contributed by atoms with E-state index in [1.165, 1.54) is 0 Å². The molecule has 0 aromatic heterocycles. The van der Waals surface area contributed by atoms with Gasteiger partial charge in [0.25, 0.3) is 11.6 Å². The molecule has 114 valence electrons. The molecule has 0 bridgehead atoms. The highest BCUT2D eigenvalue weighted by Crippen LogP contribution is 2.38. The summed E-state index contributed by atoms with van der Waals surface area (Å²) in [6.45, 7) is -0.572. The minimum Gasteiger partial charge on any atom is -0.483 e.